The summed E-state index contributed by atoms with van der Waals surface area (Å²) >= 11 is 0. The molecule has 0 heterocycles. The van der Waals surface area contributed by atoms with Crippen molar-refractivity contribution in [2.75, 3.05) is 0 Å². The molecule has 1 aliphatic carbocycles. The maximum atomic E-state index is 13.2. The molecule has 0 radical (unpaired) electrons. The Bertz CT molecular complexity index is 6360. The van der Waals surface area contributed by atoms with Gasteiger partial charge in [-0.15, -0.1) is 0 Å². The second-order valence-corrected chi connectivity index (χ2v) is 43.1. The quantitative estimate of drug-likeness (QED) is 0.0297. The molecule has 28 nitrogen and oxygen atoms in total. The normalized spacial score (nSPS) is 13.1. The van der Waals surface area contributed by atoms with Crippen molar-refractivity contribution in [3.63, 3.8) is 0 Å². The number of fused-ring (bicyclic) bond motifs is 14. The molecule has 0 saturated carbocycles. The summed E-state index contributed by atoms with van der Waals surface area (Å²) in [5.41, 5.74) is 8.58. The number of hydrogen-bond acceptors (Lipinski definition) is 21. The smallest absolute Gasteiger partial charge is 0.294 e. The molecule has 0 fully saturated rings. The summed E-state index contributed by atoms with van der Waals surface area (Å²) in [5, 5.41) is 92.2. The van der Waals surface area contributed by atoms with Crippen LogP contribution in [0.15, 0.2) is 289 Å². The second kappa shape index (κ2) is 37.2. The van der Waals surface area contributed by atoms with Gasteiger partial charge in [-0.2, -0.15) is 58.9 Å². The highest BCUT2D eigenvalue weighted by Crippen LogP contribution is 2.44. The summed E-state index contributed by atoms with van der Waals surface area (Å²) < 4.78 is 243. The Labute approximate surface area is 766 Å². The summed E-state index contributed by atoms with van der Waals surface area (Å²) in [6.07, 6.45) is -2.26. The predicted octanol–water partition coefficient (Wildman–Crippen LogP) is 14.9. The lowest BCUT2D eigenvalue weighted by Crippen LogP contribution is -2.05. The molecule has 0 amide bonds. The van der Waals surface area contributed by atoms with Crippen LogP contribution in [0.3, 0.4) is 0 Å². The number of rotatable bonds is 21. The van der Waals surface area contributed by atoms with E-state index in [0.717, 1.165) is 0 Å². The van der Waals surface area contributed by atoms with Crippen molar-refractivity contribution in [3.05, 3.63) is 411 Å². The highest BCUT2D eigenvalue weighted by molar-refractivity contribution is 7.87. The largest absolute Gasteiger partial charge is 0.507 e. The van der Waals surface area contributed by atoms with Crippen LogP contribution in [0.4, 0.5) is 0 Å². The lowest BCUT2D eigenvalue weighted by atomic mass is 9.86. The van der Waals surface area contributed by atoms with E-state index >= 15 is 0 Å². The van der Waals surface area contributed by atoms with Crippen LogP contribution in [0.25, 0.3) is 0 Å². The summed E-state index contributed by atoms with van der Waals surface area (Å²) in [5.74, 6) is -2.67. The molecular weight excluding hydrogens is 1850 g/mol. The molecule has 133 heavy (non-hydrogen) atoms. The molecule has 0 spiro atoms. The van der Waals surface area contributed by atoms with Crippen LogP contribution in [0.5, 0.6) is 40.2 Å². The first-order chi connectivity index (χ1) is 62.5. The molecule has 0 unspecified atom stereocenters. The zero-order valence-electron chi connectivity index (χ0n) is 70.0. The van der Waals surface area contributed by atoms with E-state index in [1.54, 1.807) is 84.9 Å². The first-order valence-corrected chi connectivity index (χ1v) is 50.9. The number of phenolic OH excluding ortho intramolecular Hbond substituents is 7. The molecular formula is C98H84O28S7. The van der Waals surface area contributed by atoms with Crippen LogP contribution < -0.4 is 0 Å². The van der Waals surface area contributed by atoms with Gasteiger partial charge in [0.15, 0.2) is 0 Å². The molecule has 14 bridgehead atoms. The molecule has 14 N–H and O–H groups in total. The lowest BCUT2D eigenvalue weighted by Gasteiger charge is -2.20. The Morgan fingerprint density at radius 2 is 0.226 bits per heavy atom. The maximum absolute atomic E-state index is 13.2. The van der Waals surface area contributed by atoms with Crippen LogP contribution in [0, 0.1) is 0 Å². The Hall–Kier alpha value is -13.0. The molecule has 0 atom stereocenters. The maximum Gasteiger partial charge on any atom is 0.294 e. The third kappa shape index (κ3) is 22.9. The van der Waals surface area contributed by atoms with E-state index in [0.29, 0.717) is 77.9 Å². The van der Waals surface area contributed by atoms with Gasteiger partial charge < -0.3 is 35.7 Å². The first kappa shape index (κ1) is 94.7. The minimum atomic E-state index is -4.69. The predicted molar refractivity (Wildman–Crippen MR) is 490 cm³/mol. The molecule has 1 aliphatic rings. The van der Waals surface area contributed by atoms with E-state index in [2.05, 4.69) is 0 Å². The number of benzene rings is 14. The molecule has 686 valence electrons. The Kier molecular flexibility index (Phi) is 26.5. The Morgan fingerprint density at radius 3 is 0.301 bits per heavy atom. The summed E-state index contributed by atoms with van der Waals surface area (Å²) in [6.45, 7) is 0. The van der Waals surface area contributed by atoms with Crippen LogP contribution >= 0.6 is 0 Å². The van der Waals surface area contributed by atoms with Crippen LogP contribution in [0.1, 0.15) is 156 Å². The van der Waals surface area contributed by atoms with Crippen LogP contribution in [-0.2, 0) is 161 Å². The van der Waals surface area contributed by atoms with Crippen molar-refractivity contribution < 1.29 is 127 Å². The topological polar surface area (TPSA) is 522 Å². The van der Waals surface area contributed by atoms with E-state index in [9.17, 15) is 127 Å². The number of hydrogen-bond donors (Lipinski definition) is 14. The van der Waals surface area contributed by atoms with Gasteiger partial charge in [-0.3, -0.25) is 31.9 Å². The van der Waals surface area contributed by atoms with E-state index in [-0.39, 0.29) is 208 Å². The van der Waals surface area contributed by atoms with Gasteiger partial charge in [-0.05, 0) is 286 Å². The molecule has 35 heteroatoms. The van der Waals surface area contributed by atoms with Crippen molar-refractivity contribution in [1.29, 1.82) is 0 Å². The highest BCUT2D eigenvalue weighted by Gasteiger charge is 2.28. The minimum absolute atomic E-state index is 0.00134. The highest BCUT2D eigenvalue weighted by atomic mass is 32.2. The molecule has 0 saturated heterocycles. The van der Waals surface area contributed by atoms with Gasteiger partial charge in [-0.1, -0.05) is 170 Å². The number of phenols is 7. The van der Waals surface area contributed by atoms with Gasteiger partial charge in [0.2, 0.25) is 0 Å². The van der Waals surface area contributed by atoms with E-state index in [1.807, 2.05) is 0 Å². The molecule has 14 aromatic carbocycles. The van der Waals surface area contributed by atoms with Crippen molar-refractivity contribution in [3.8, 4) is 40.2 Å². The van der Waals surface area contributed by atoms with Crippen molar-refractivity contribution in [2.45, 2.75) is 124 Å². The third-order valence-electron chi connectivity index (χ3n) is 23.4. The van der Waals surface area contributed by atoms with E-state index in [4.69, 9.17) is 0 Å². The summed E-state index contributed by atoms with van der Waals surface area (Å²) in [7, 11) is -32.8. The summed E-state index contributed by atoms with van der Waals surface area (Å²) in [4.78, 5) is -2.94. The minimum Gasteiger partial charge on any atom is -0.507 e. The Balaban J connectivity index is 0.990. The first-order valence-electron chi connectivity index (χ1n) is 40.8. The van der Waals surface area contributed by atoms with Gasteiger partial charge in [0, 0.05) is 44.9 Å². The summed E-state index contributed by atoms with van der Waals surface area (Å²) in [6, 6.07) is 59.8. The van der Waals surface area contributed by atoms with E-state index in [1.165, 1.54) is 170 Å². The monoisotopic (exact) mass is 1930 g/mol. The van der Waals surface area contributed by atoms with Gasteiger partial charge in [0.05, 0.1) is 34.3 Å². The van der Waals surface area contributed by atoms with Gasteiger partial charge >= 0.3 is 0 Å². The van der Waals surface area contributed by atoms with Crippen LogP contribution in [0.2, 0.25) is 0 Å². The average molecular weight is 1930 g/mol. The van der Waals surface area contributed by atoms with E-state index < -0.39 is 105 Å². The van der Waals surface area contributed by atoms with Gasteiger partial charge in [0.1, 0.15) is 40.2 Å². The molecule has 0 aliphatic heterocycles. The fraction of sp³-hybridized carbons (Fsp3) is 0.143. The SMILES string of the molecule is O=S(=O)(O)c1ccc(Cc2cc3c(O)c(c2)Cc2cc(Cc4ccc(S(=O)(=O)O)cc4)cc(c2O)Cc2cc(Cc4ccc(S(=O)(=O)O)cc4)cc(c2O)Cc2cc(Cc4ccc(S(=O)(=O)O)cc4)cc(c2O)Cc2cc(Cc4ccc(S(=O)(=O)O)cc4)cc(c2O)Cc2cc(Cc4ccc(S(=O)(=O)O)cc4)cc(c2O)Cc2cc(Cc4ccc(S(=O)(=O)O)cc4)cc(c2O)C3)cc1. The molecule has 14 aromatic rings. The fourth-order valence-corrected chi connectivity index (χ4v) is 20.3. The third-order valence-corrected chi connectivity index (χ3v) is 29.4. The number of aromatic hydroxyl groups is 7. The molecule has 0 aromatic heterocycles. The van der Waals surface area contributed by atoms with Crippen LogP contribution in [-0.4, -0.2) is 127 Å². The average Bonchev–Trinajstić information content (AvgIpc) is 0.782. The zero-order valence-corrected chi connectivity index (χ0v) is 75.7. The Morgan fingerprint density at radius 1 is 0.143 bits per heavy atom. The fourth-order valence-electron chi connectivity index (χ4n) is 17.0. The lowest BCUT2D eigenvalue weighted by molar-refractivity contribution is 0.450. The van der Waals surface area contributed by atoms with Crippen molar-refractivity contribution in [2.24, 2.45) is 0 Å². The second-order valence-electron chi connectivity index (χ2n) is 33.1. The van der Waals surface area contributed by atoms with Crippen molar-refractivity contribution >= 4 is 70.8 Å². The zero-order chi connectivity index (χ0) is 95.3. The van der Waals surface area contributed by atoms with Crippen molar-refractivity contribution in [1.82, 2.24) is 0 Å². The standard InChI is InChI=1S/C98H84O28S7/c99-92-71-36-64(29-57-1-15-85(16-2-57)127(106,107)108)37-72(92)51-74-39-66(31-59-5-19-87(20-6-59)129(112,113)114)41-76(94(74)101)53-78-43-68(33-61-9-23-89(24-10-61)131(118,119)120)45-80(96(78)103)55-82-47-70(35-63-13-27-91(28-14-63)133(124,125)126)49-84(98(82)105)56-83-48-69(34-62-11-25-90(26-12-62)132(121,122)123)46-81(97(83)104)54-79-44-67(32-60-7-21-88(22-8-60)130(115,116)117)42-77(95(79)102)52-75-40-65(38-73(50-71)93(75)100)30-58-3-17-86(18-4-58)128(109,110)111/h1-28,36-49,99-105H,29-35,50-56H2,(H,106,107,108)(H,109,110,111)(H,112,113,114)(H,115,116,117)(H,118,119,120)(H,121,122,123)(H,124,125,126). The molecule has 15 rings (SSSR count). The van der Waals surface area contributed by atoms with Gasteiger partial charge in [0.25, 0.3) is 70.8 Å². The van der Waals surface area contributed by atoms with Gasteiger partial charge in [-0.25, -0.2) is 0 Å².